The Kier molecular flexibility index (Phi) is 5.53. The Balaban J connectivity index is 1.70. The molecule has 1 fully saturated rings. The maximum Gasteiger partial charge on any atom is 0.416 e. The van der Waals surface area contributed by atoms with E-state index in [-0.39, 0.29) is 11.7 Å². The first-order valence-corrected chi connectivity index (χ1v) is 9.09. The van der Waals surface area contributed by atoms with E-state index >= 15 is 0 Å². The van der Waals surface area contributed by atoms with E-state index in [1.165, 1.54) is 6.07 Å². The summed E-state index contributed by atoms with van der Waals surface area (Å²) in [6.07, 6.45) is -1.14. The number of anilines is 2. The molecule has 0 aliphatic carbocycles. The molecule has 0 radical (unpaired) electrons. The van der Waals surface area contributed by atoms with Crippen LogP contribution in [0.5, 0.6) is 0 Å². The zero-order valence-electron chi connectivity index (χ0n) is 16.1. The number of halogens is 3. The molecule has 152 valence electrons. The summed E-state index contributed by atoms with van der Waals surface area (Å²) in [5, 5.41) is 6.85. The van der Waals surface area contributed by atoms with Crippen molar-refractivity contribution in [3.05, 3.63) is 41.7 Å². The van der Waals surface area contributed by atoms with Gasteiger partial charge in [0, 0.05) is 52.0 Å². The molecule has 1 saturated heterocycles. The molecule has 6 nitrogen and oxygen atoms in total. The molecule has 9 heteroatoms. The van der Waals surface area contributed by atoms with Crippen LogP contribution in [0.3, 0.4) is 0 Å². The van der Waals surface area contributed by atoms with Crippen LogP contribution in [0.4, 0.5) is 29.3 Å². The largest absolute Gasteiger partial charge is 0.416 e. The van der Waals surface area contributed by atoms with Gasteiger partial charge >= 0.3 is 12.2 Å². The fourth-order valence-electron chi connectivity index (χ4n) is 3.56. The molecule has 2 aromatic rings. The van der Waals surface area contributed by atoms with E-state index in [0.29, 0.717) is 24.7 Å². The molecule has 1 aromatic carbocycles. The minimum Gasteiger partial charge on any atom is -0.376 e. The van der Waals surface area contributed by atoms with Crippen molar-refractivity contribution >= 4 is 17.4 Å². The van der Waals surface area contributed by atoms with Gasteiger partial charge in [0.1, 0.15) is 0 Å². The predicted octanol–water partition coefficient (Wildman–Crippen LogP) is 3.92. The van der Waals surface area contributed by atoms with Crippen LogP contribution in [0.1, 0.15) is 30.0 Å². The summed E-state index contributed by atoms with van der Waals surface area (Å²) in [6.45, 7) is 1.08. The Morgan fingerprint density at radius 2 is 1.89 bits per heavy atom. The molecule has 1 N–H and O–H groups in total. The number of aryl methyl sites for hydroxylation is 1. The number of amides is 2. The molecule has 3 rings (SSSR count). The van der Waals surface area contributed by atoms with Gasteiger partial charge in [-0.25, -0.2) is 4.79 Å². The van der Waals surface area contributed by atoms with Gasteiger partial charge in [0.15, 0.2) is 0 Å². The molecule has 0 saturated carbocycles. The van der Waals surface area contributed by atoms with Crippen molar-refractivity contribution in [1.29, 1.82) is 0 Å². The Morgan fingerprint density at radius 1 is 1.21 bits per heavy atom. The van der Waals surface area contributed by atoms with Gasteiger partial charge in [0.25, 0.3) is 0 Å². The van der Waals surface area contributed by atoms with Crippen LogP contribution in [0.25, 0.3) is 0 Å². The lowest BCUT2D eigenvalue weighted by atomic mass is 9.93. The maximum absolute atomic E-state index is 13.1. The molecule has 1 aliphatic rings. The van der Waals surface area contributed by atoms with Crippen LogP contribution in [-0.2, 0) is 13.2 Å². The highest BCUT2D eigenvalue weighted by atomic mass is 19.4. The highest BCUT2D eigenvalue weighted by Gasteiger charge is 2.32. The number of carbonyl (C=O) groups is 1. The summed E-state index contributed by atoms with van der Waals surface area (Å²) in [7, 11) is 5.33. The molecular weight excluding hydrogens is 371 g/mol. The Bertz CT molecular complexity index is 838. The second-order valence-corrected chi connectivity index (χ2v) is 7.20. The van der Waals surface area contributed by atoms with Gasteiger partial charge in [-0.2, -0.15) is 18.3 Å². The molecular formula is C19H24F3N5O. The van der Waals surface area contributed by atoms with E-state index in [9.17, 15) is 18.0 Å². The topological polar surface area (TPSA) is 53.4 Å². The lowest BCUT2D eigenvalue weighted by molar-refractivity contribution is -0.137. The summed E-state index contributed by atoms with van der Waals surface area (Å²) in [5.74, 6) is 0.322. The van der Waals surface area contributed by atoms with Gasteiger partial charge in [0.2, 0.25) is 0 Å². The van der Waals surface area contributed by atoms with E-state index in [0.717, 1.165) is 30.7 Å². The number of hydrogen-bond acceptors (Lipinski definition) is 3. The van der Waals surface area contributed by atoms with Gasteiger partial charge < -0.3 is 15.1 Å². The van der Waals surface area contributed by atoms with Gasteiger partial charge in [0.05, 0.1) is 16.9 Å². The number of hydrogen-bond donors (Lipinski definition) is 1. The first kappa shape index (κ1) is 20.0. The Morgan fingerprint density at radius 3 is 2.43 bits per heavy atom. The average molecular weight is 395 g/mol. The highest BCUT2D eigenvalue weighted by molar-refractivity contribution is 5.93. The number of nitrogens with one attached hydrogen (secondary N) is 1. The van der Waals surface area contributed by atoms with Crippen molar-refractivity contribution in [2.24, 2.45) is 7.05 Å². The van der Waals surface area contributed by atoms with Crippen molar-refractivity contribution in [2.45, 2.75) is 24.9 Å². The molecule has 2 heterocycles. The summed E-state index contributed by atoms with van der Waals surface area (Å²) in [5.41, 5.74) is 1.01. The smallest absolute Gasteiger partial charge is 0.376 e. The fourth-order valence-corrected chi connectivity index (χ4v) is 3.56. The third-order valence-electron chi connectivity index (χ3n) is 5.11. The minimum absolute atomic E-state index is 0.151. The van der Waals surface area contributed by atoms with E-state index in [1.54, 1.807) is 30.1 Å². The van der Waals surface area contributed by atoms with Gasteiger partial charge in [-0.3, -0.25) is 4.68 Å². The molecule has 2 amide bonds. The minimum atomic E-state index is -4.47. The summed E-state index contributed by atoms with van der Waals surface area (Å²) >= 11 is 0. The van der Waals surface area contributed by atoms with Crippen LogP contribution in [0, 0.1) is 0 Å². The van der Waals surface area contributed by atoms with Crippen molar-refractivity contribution in [2.75, 3.05) is 37.4 Å². The summed E-state index contributed by atoms with van der Waals surface area (Å²) < 4.78 is 41.0. The molecule has 0 bridgehead atoms. The molecule has 0 atom stereocenters. The Labute approximate surface area is 161 Å². The number of benzene rings is 1. The van der Waals surface area contributed by atoms with E-state index < -0.39 is 11.7 Å². The van der Waals surface area contributed by atoms with E-state index in [2.05, 4.69) is 10.4 Å². The molecule has 28 heavy (non-hydrogen) atoms. The monoisotopic (exact) mass is 395 g/mol. The number of nitrogens with zero attached hydrogens (tertiary/aromatic N) is 4. The van der Waals surface area contributed by atoms with Crippen LogP contribution < -0.4 is 10.2 Å². The summed E-state index contributed by atoms with van der Waals surface area (Å²) in [6, 6.07) is 4.96. The number of piperidine rings is 1. The quantitative estimate of drug-likeness (QED) is 0.857. The lowest BCUT2D eigenvalue weighted by Gasteiger charge is -2.32. The van der Waals surface area contributed by atoms with Crippen molar-refractivity contribution < 1.29 is 18.0 Å². The van der Waals surface area contributed by atoms with Crippen LogP contribution in [0.15, 0.2) is 30.5 Å². The van der Waals surface area contributed by atoms with Crippen LogP contribution in [-0.4, -0.2) is 47.9 Å². The molecule has 0 spiro atoms. The predicted molar refractivity (Wildman–Crippen MR) is 102 cm³/mol. The summed E-state index contributed by atoms with van der Waals surface area (Å²) in [4.78, 5) is 16.0. The van der Waals surface area contributed by atoms with Crippen molar-refractivity contribution in [3.63, 3.8) is 0 Å². The van der Waals surface area contributed by atoms with E-state index in [1.807, 2.05) is 17.8 Å². The number of carbonyl (C=O) groups excluding carboxylic acids is 1. The SMILES string of the molecule is CN(C)c1ccc(C(F)(F)F)cc1NC(=O)N1CCC(c2ccnn2C)CC1. The van der Waals surface area contributed by atoms with E-state index in [4.69, 9.17) is 0 Å². The average Bonchev–Trinajstić information content (AvgIpc) is 3.06. The van der Waals surface area contributed by atoms with Crippen molar-refractivity contribution in [1.82, 2.24) is 14.7 Å². The molecule has 1 aliphatic heterocycles. The molecule has 1 aromatic heterocycles. The normalized spacial score (nSPS) is 15.6. The second kappa shape index (κ2) is 7.73. The zero-order chi connectivity index (χ0) is 20.5. The number of likely N-dealkylation sites (tertiary alicyclic amines) is 1. The van der Waals surface area contributed by atoms with Crippen LogP contribution >= 0.6 is 0 Å². The molecule has 0 unspecified atom stereocenters. The highest BCUT2D eigenvalue weighted by Crippen LogP contribution is 2.35. The Hall–Kier alpha value is -2.71. The van der Waals surface area contributed by atoms with Crippen molar-refractivity contribution in [3.8, 4) is 0 Å². The second-order valence-electron chi connectivity index (χ2n) is 7.20. The first-order chi connectivity index (χ1) is 13.2. The van der Waals surface area contributed by atoms with Crippen LogP contribution in [0.2, 0.25) is 0 Å². The van der Waals surface area contributed by atoms with Gasteiger partial charge in [-0.05, 0) is 37.1 Å². The number of rotatable bonds is 3. The maximum atomic E-state index is 13.1. The number of alkyl halides is 3. The fraction of sp³-hybridized carbons (Fsp3) is 0.474. The third-order valence-corrected chi connectivity index (χ3v) is 5.11. The van der Waals surface area contributed by atoms with Gasteiger partial charge in [-0.1, -0.05) is 0 Å². The standard InChI is InChI=1S/C19H24F3N5O/c1-25(2)17-5-4-14(19(20,21)22)12-15(17)24-18(28)27-10-7-13(8-11-27)16-6-9-23-26(16)3/h4-6,9,12-13H,7-8,10-11H2,1-3H3,(H,24,28). The number of urea groups is 1. The lowest BCUT2D eigenvalue weighted by Crippen LogP contribution is -2.41. The first-order valence-electron chi connectivity index (χ1n) is 9.09. The third kappa shape index (κ3) is 4.23. The number of aromatic nitrogens is 2. The van der Waals surface area contributed by atoms with Gasteiger partial charge in [-0.15, -0.1) is 0 Å². The zero-order valence-corrected chi connectivity index (χ0v) is 16.1.